The molecule has 92 valence electrons. The lowest BCUT2D eigenvalue weighted by atomic mass is 9.71. The Morgan fingerprint density at radius 3 is 2.53 bits per heavy atom. The van der Waals surface area contributed by atoms with Gasteiger partial charge in [0, 0.05) is 0 Å². The monoisotopic (exact) mass is 232 g/mol. The standard InChI is InChI=1S/C15H20O2/c16-14(17)12-6-11-5-10(12)7-13(11)15-3-1-9(8-15)2-4-15/h7,9-12H,1-6,8H2,(H,16,17). The van der Waals surface area contributed by atoms with E-state index < -0.39 is 5.97 Å². The quantitative estimate of drug-likeness (QED) is 0.742. The van der Waals surface area contributed by atoms with Crippen molar-refractivity contribution in [3.63, 3.8) is 0 Å². The van der Waals surface area contributed by atoms with Crippen molar-refractivity contribution in [3.8, 4) is 0 Å². The molecule has 0 aromatic rings. The van der Waals surface area contributed by atoms with E-state index in [9.17, 15) is 9.90 Å². The van der Waals surface area contributed by atoms with E-state index in [0.29, 0.717) is 17.3 Å². The Bertz CT molecular complexity index is 401. The Kier molecular flexibility index (Phi) is 1.88. The first kappa shape index (κ1) is 10.2. The van der Waals surface area contributed by atoms with Crippen molar-refractivity contribution in [2.24, 2.45) is 29.1 Å². The molecule has 0 aromatic heterocycles. The van der Waals surface area contributed by atoms with Gasteiger partial charge in [-0.1, -0.05) is 11.6 Å². The van der Waals surface area contributed by atoms with Gasteiger partial charge in [-0.2, -0.15) is 0 Å². The molecule has 3 saturated carbocycles. The Balaban J connectivity index is 1.64. The van der Waals surface area contributed by atoms with Crippen LogP contribution in [0.4, 0.5) is 0 Å². The van der Waals surface area contributed by atoms with E-state index in [4.69, 9.17) is 0 Å². The van der Waals surface area contributed by atoms with Crippen LogP contribution in [0.1, 0.15) is 44.9 Å². The van der Waals surface area contributed by atoms with Crippen LogP contribution < -0.4 is 0 Å². The molecular weight excluding hydrogens is 212 g/mol. The summed E-state index contributed by atoms with van der Waals surface area (Å²) in [6.45, 7) is 0. The number of hydrogen-bond donors (Lipinski definition) is 1. The largest absolute Gasteiger partial charge is 0.481 e. The van der Waals surface area contributed by atoms with Crippen LogP contribution in [-0.4, -0.2) is 11.1 Å². The summed E-state index contributed by atoms with van der Waals surface area (Å²) in [7, 11) is 0. The summed E-state index contributed by atoms with van der Waals surface area (Å²) in [6, 6.07) is 0. The third-order valence-electron chi connectivity index (χ3n) is 6.12. The van der Waals surface area contributed by atoms with E-state index in [0.717, 1.165) is 18.8 Å². The number of carbonyl (C=O) groups is 1. The van der Waals surface area contributed by atoms with Crippen molar-refractivity contribution in [3.05, 3.63) is 11.6 Å². The number of fused-ring (bicyclic) bond motifs is 4. The second-order valence-corrected chi connectivity index (χ2v) is 6.83. The predicted octanol–water partition coefficient (Wildman–Crippen LogP) is 3.23. The van der Waals surface area contributed by atoms with E-state index in [2.05, 4.69) is 6.08 Å². The maximum Gasteiger partial charge on any atom is 0.307 e. The van der Waals surface area contributed by atoms with Gasteiger partial charge in [-0.3, -0.25) is 4.79 Å². The molecule has 0 spiro atoms. The molecule has 4 aliphatic carbocycles. The Hall–Kier alpha value is -0.790. The van der Waals surface area contributed by atoms with Crippen molar-refractivity contribution < 1.29 is 9.90 Å². The molecule has 0 aliphatic heterocycles. The van der Waals surface area contributed by atoms with E-state index in [1.807, 2.05) is 0 Å². The number of rotatable bonds is 2. The summed E-state index contributed by atoms with van der Waals surface area (Å²) in [6.07, 6.45) is 11.5. The summed E-state index contributed by atoms with van der Waals surface area (Å²) in [5.41, 5.74) is 2.23. The number of aliphatic carboxylic acids is 1. The second-order valence-electron chi connectivity index (χ2n) is 6.83. The summed E-state index contributed by atoms with van der Waals surface area (Å²) >= 11 is 0. The Morgan fingerprint density at radius 2 is 2.06 bits per heavy atom. The van der Waals surface area contributed by atoms with E-state index >= 15 is 0 Å². The van der Waals surface area contributed by atoms with Gasteiger partial charge in [-0.05, 0) is 68.1 Å². The lowest BCUT2D eigenvalue weighted by Gasteiger charge is -2.34. The molecule has 0 radical (unpaired) electrons. The van der Waals surface area contributed by atoms with Gasteiger partial charge in [0.15, 0.2) is 0 Å². The summed E-state index contributed by atoms with van der Waals surface area (Å²) in [4.78, 5) is 11.1. The summed E-state index contributed by atoms with van der Waals surface area (Å²) < 4.78 is 0. The SMILES string of the molecule is O=C(O)C1CC2CC1C=C2C12CCC(CC1)C2. The number of carboxylic acid groups (broad SMARTS) is 1. The lowest BCUT2D eigenvalue weighted by Crippen LogP contribution is -2.25. The molecule has 3 unspecified atom stereocenters. The van der Waals surface area contributed by atoms with Crippen molar-refractivity contribution in [2.45, 2.75) is 44.9 Å². The topological polar surface area (TPSA) is 37.3 Å². The first-order valence-electron chi connectivity index (χ1n) is 7.13. The fourth-order valence-corrected chi connectivity index (χ4v) is 5.37. The molecule has 0 amide bonds. The highest BCUT2D eigenvalue weighted by molar-refractivity contribution is 5.72. The van der Waals surface area contributed by atoms with Gasteiger partial charge in [-0.25, -0.2) is 0 Å². The van der Waals surface area contributed by atoms with Crippen molar-refractivity contribution in [1.29, 1.82) is 0 Å². The zero-order chi connectivity index (χ0) is 11.6. The summed E-state index contributed by atoms with van der Waals surface area (Å²) in [5.74, 6) is 1.34. The predicted molar refractivity (Wildman–Crippen MR) is 64.4 cm³/mol. The molecule has 4 rings (SSSR count). The molecule has 3 atom stereocenters. The fraction of sp³-hybridized carbons (Fsp3) is 0.800. The van der Waals surface area contributed by atoms with Gasteiger partial charge in [0.1, 0.15) is 0 Å². The Morgan fingerprint density at radius 1 is 1.29 bits per heavy atom. The number of hydrogen-bond acceptors (Lipinski definition) is 1. The van der Waals surface area contributed by atoms with Gasteiger partial charge < -0.3 is 5.11 Å². The molecule has 0 aromatic carbocycles. The number of carboxylic acids is 1. The van der Waals surface area contributed by atoms with Gasteiger partial charge in [0.25, 0.3) is 0 Å². The minimum Gasteiger partial charge on any atom is -0.481 e. The minimum absolute atomic E-state index is 0.0706. The van der Waals surface area contributed by atoms with Crippen LogP contribution in [0.3, 0.4) is 0 Å². The van der Waals surface area contributed by atoms with Gasteiger partial charge >= 0.3 is 5.97 Å². The molecule has 3 fully saturated rings. The van der Waals surface area contributed by atoms with Gasteiger partial charge in [-0.15, -0.1) is 0 Å². The van der Waals surface area contributed by atoms with E-state index in [-0.39, 0.29) is 5.92 Å². The zero-order valence-corrected chi connectivity index (χ0v) is 10.2. The van der Waals surface area contributed by atoms with Crippen molar-refractivity contribution in [2.75, 3.05) is 0 Å². The minimum atomic E-state index is -0.568. The van der Waals surface area contributed by atoms with Crippen LogP contribution in [0.5, 0.6) is 0 Å². The van der Waals surface area contributed by atoms with Crippen LogP contribution >= 0.6 is 0 Å². The molecule has 4 bridgehead atoms. The second kappa shape index (κ2) is 3.15. The third-order valence-corrected chi connectivity index (χ3v) is 6.12. The number of allylic oxidation sites excluding steroid dienone is 2. The van der Waals surface area contributed by atoms with Crippen LogP contribution in [0.25, 0.3) is 0 Å². The smallest absolute Gasteiger partial charge is 0.307 e. The Labute approximate surface area is 102 Å². The van der Waals surface area contributed by atoms with Gasteiger partial charge in [0.2, 0.25) is 0 Å². The molecule has 17 heavy (non-hydrogen) atoms. The summed E-state index contributed by atoms with van der Waals surface area (Å²) in [5, 5.41) is 9.19. The normalized spacial score (nSPS) is 50.9. The average Bonchev–Trinajstić information content (AvgIpc) is 3.07. The highest BCUT2D eigenvalue weighted by Crippen LogP contribution is 2.64. The molecule has 2 heteroatoms. The third kappa shape index (κ3) is 1.24. The molecule has 0 heterocycles. The first-order valence-corrected chi connectivity index (χ1v) is 7.13. The van der Waals surface area contributed by atoms with Crippen LogP contribution in [0, 0.1) is 29.1 Å². The lowest BCUT2D eigenvalue weighted by molar-refractivity contribution is -0.142. The fourth-order valence-electron chi connectivity index (χ4n) is 5.37. The molecular formula is C15H20O2. The molecule has 0 saturated heterocycles. The average molecular weight is 232 g/mol. The van der Waals surface area contributed by atoms with Crippen molar-refractivity contribution >= 4 is 5.97 Å². The maximum absolute atomic E-state index is 11.1. The maximum atomic E-state index is 11.1. The highest BCUT2D eigenvalue weighted by Gasteiger charge is 2.54. The highest BCUT2D eigenvalue weighted by atomic mass is 16.4. The van der Waals surface area contributed by atoms with Crippen LogP contribution in [0.2, 0.25) is 0 Å². The molecule has 1 N–H and O–H groups in total. The van der Waals surface area contributed by atoms with E-state index in [1.165, 1.54) is 32.1 Å². The van der Waals surface area contributed by atoms with Gasteiger partial charge in [0.05, 0.1) is 5.92 Å². The molecule has 2 nitrogen and oxygen atoms in total. The van der Waals surface area contributed by atoms with Crippen molar-refractivity contribution in [1.82, 2.24) is 0 Å². The van der Waals surface area contributed by atoms with E-state index in [1.54, 1.807) is 5.57 Å². The van der Waals surface area contributed by atoms with Crippen LogP contribution in [0.15, 0.2) is 11.6 Å². The first-order chi connectivity index (χ1) is 8.18. The zero-order valence-electron chi connectivity index (χ0n) is 10.2. The molecule has 4 aliphatic rings. The van der Waals surface area contributed by atoms with Crippen LogP contribution in [-0.2, 0) is 4.79 Å².